The van der Waals surface area contributed by atoms with Gasteiger partial charge in [-0.3, -0.25) is 14.5 Å². The van der Waals surface area contributed by atoms with Crippen LogP contribution in [0.1, 0.15) is 45.0 Å². The van der Waals surface area contributed by atoms with Gasteiger partial charge < -0.3 is 19.5 Å². The second-order valence-electron chi connectivity index (χ2n) is 7.89. The minimum Gasteiger partial charge on any atom is -0.444 e. The molecule has 0 radical (unpaired) electrons. The SMILES string of the molecule is CCn1cc(C(=O)NC)cc/c1=N/C(C)N1CCN(C(=O)OC(C)(C)C)CC1=O. The third kappa shape index (κ3) is 5.82. The van der Waals surface area contributed by atoms with Crippen molar-refractivity contribution in [2.45, 2.75) is 52.9 Å². The summed E-state index contributed by atoms with van der Waals surface area (Å²) in [6.45, 7) is 10.6. The highest BCUT2D eigenvalue weighted by atomic mass is 16.6. The van der Waals surface area contributed by atoms with Crippen LogP contribution in [0, 0.1) is 0 Å². The number of aromatic nitrogens is 1. The minimum atomic E-state index is -0.603. The van der Waals surface area contributed by atoms with Crippen LogP contribution in [0.4, 0.5) is 4.79 Å². The van der Waals surface area contributed by atoms with E-state index < -0.39 is 17.9 Å². The fourth-order valence-electron chi connectivity index (χ4n) is 3.01. The van der Waals surface area contributed by atoms with Crippen LogP contribution in [0.25, 0.3) is 0 Å². The predicted molar refractivity (Wildman–Crippen MR) is 108 cm³/mol. The van der Waals surface area contributed by atoms with Crippen molar-refractivity contribution in [1.29, 1.82) is 0 Å². The number of nitrogens with one attached hydrogen (secondary N) is 1. The third-order valence-electron chi connectivity index (χ3n) is 4.51. The Morgan fingerprint density at radius 1 is 1.28 bits per heavy atom. The molecule has 1 fully saturated rings. The van der Waals surface area contributed by atoms with Gasteiger partial charge in [0.15, 0.2) is 0 Å². The standard InChI is InChI=1S/C20H31N5O4/c1-7-23-12-15(18(27)21-6)8-9-16(23)22-14(2)25-11-10-24(13-17(25)26)19(28)29-20(3,4)5/h8-9,12,14H,7,10-11,13H2,1-6H3,(H,21,27)/b22-16-. The van der Waals surface area contributed by atoms with Gasteiger partial charge >= 0.3 is 6.09 Å². The van der Waals surface area contributed by atoms with Gasteiger partial charge in [-0.1, -0.05) is 0 Å². The topological polar surface area (TPSA) is 96.2 Å². The number of ether oxygens (including phenoxy) is 1. The van der Waals surface area contributed by atoms with Gasteiger partial charge in [0.2, 0.25) is 5.91 Å². The Kier molecular flexibility index (Phi) is 7.05. The van der Waals surface area contributed by atoms with Crippen LogP contribution in [-0.2, 0) is 16.1 Å². The first-order valence-electron chi connectivity index (χ1n) is 9.79. The first-order valence-corrected chi connectivity index (χ1v) is 9.79. The molecule has 0 saturated carbocycles. The van der Waals surface area contributed by atoms with Crippen molar-refractivity contribution in [1.82, 2.24) is 19.7 Å². The summed E-state index contributed by atoms with van der Waals surface area (Å²) in [5.74, 6) is -0.344. The molecule has 1 aromatic rings. The maximum absolute atomic E-state index is 12.6. The molecule has 0 bridgehead atoms. The number of hydrogen-bond acceptors (Lipinski definition) is 5. The summed E-state index contributed by atoms with van der Waals surface area (Å²) < 4.78 is 7.21. The van der Waals surface area contributed by atoms with E-state index in [-0.39, 0.29) is 18.4 Å². The maximum atomic E-state index is 12.6. The van der Waals surface area contributed by atoms with Gasteiger partial charge in [-0.15, -0.1) is 0 Å². The molecule has 1 aliphatic rings. The third-order valence-corrected chi connectivity index (χ3v) is 4.51. The van der Waals surface area contributed by atoms with E-state index in [4.69, 9.17) is 4.74 Å². The highest BCUT2D eigenvalue weighted by Crippen LogP contribution is 2.14. The van der Waals surface area contributed by atoms with Crippen LogP contribution in [0.5, 0.6) is 0 Å². The van der Waals surface area contributed by atoms with Gasteiger partial charge in [0.25, 0.3) is 5.91 Å². The number of piperazine rings is 1. The van der Waals surface area contributed by atoms with Crippen LogP contribution >= 0.6 is 0 Å². The first-order chi connectivity index (χ1) is 13.6. The van der Waals surface area contributed by atoms with Gasteiger partial charge in [-0.05, 0) is 46.8 Å². The van der Waals surface area contributed by atoms with E-state index in [0.717, 1.165) is 0 Å². The summed E-state index contributed by atoms with van der Waals surface area (Å²) in [4.78, 5) is 44.3. The molecule has 2 heterocycles. The smallest absolute Gasteiger partial charge is 0.410 e. The van der Waals surface area contributed by atoms with E-state index in [2.05, 4.69) is 10.3 Å². The summed E-state index contributed by atoms with van der Waals surface area (Å²) in [5.41, 5.74) is 0.618. The predicted octanol–water partition coefficient (Wildman–Crippen LogP) is 1.19. The van der Waals surface area contributed by atoms with E-state index in [9.17, 15) is 14.4 Å². The second kappa shape index (κ2) is 9.11. The molecule has 1 aliphatic heterocycles. The summed E-state index contributed by atoms with van der Waals surface area (Å²) in [5, 5.41) is 2.60. The molecular formula is C20H31N5O4. The maximum Gasteiger partial charge on any atom is 0.410 e. The molecule has 9 nitrogen and oxygen atoms in total. The molecule has 0 spiro atoms. The van der Waals surface area contributed by atoms with Gasteiger partial charge in [0.1, 0.15) is 23.8 Å². The summed E-state index contributed by atoms with van der Waals surface area (Å²) in [6.07, 6.45) is 0.864. The van der Waals surface area contributed by atoms with Crippen LogP contribution in [-0.4, -0.2) is 70.7 Å². The van der Waals surface area contributed by atoms with E-state index >= 15 is 0 Å². The Morgan fingerprint density at radius 2 is 1.97 bits per heavy atom. The number of nitrogens with zero attached hydrogens (tertiary/aromatic N) is 4. The van der Waals surface area contributed by atoms with Gasteiger partial charge in [-0.2, -0.15) is 0 Å². The van der Waals surface area contributed by atoms with Crippen LogP contribution in [0.3, 0.4) is 0 Å². The molecule has 1 atom stereocenters. The molecule has 0 aliphatic carbocycles. The number of carbonyl (C=O) groups excluding carboxylic acids is 3. The zero-order valence-corrected chi connectivity index (χ0v) is 18.1. The Bertz CT molecular complexity index is 840. The molecular weight excluding hydrogens is 374 g/mol. The van der Waals surface area contributed by atoms with Crippen molar-refractivity contribution in [2.75, 3.05) is 26.7 Å². The zero-order chi connectivity index (χ0) is 21.8. The lowest BCUT2D eigenvalue weighted by Gasteiger charge is -2.36. The van der Waals surface area contributed by atoms with Crippen molar-refractivity contribution in [3.63, 3.8) is 0 Å². The number of rotatable bonds is 4. The Morgan fingerprint density at radius 3 is 2.52 bits per heavy atom. The fourth-order valence-corrected chi connectivity index (χ4v) is 3.01. The molecule has 160 valence electrons. The monoisotopic (exact) mass is 405 g/mol. The van der Waals surface area contributed by atoms with E-state index in [1.54, 1.807) is 51.0 Å². The molecule has 9 heteroatoms. The van der Waals surface area contributed by atoms with Crippen LogP contribution in [0.15, 0.2) is 23.3 Å². The Hall–Kier alpha value is -2.84. The number of amides is 3. The summed E-state index contributed by atoms with van der Waals surface area (Å²) >= 11 is 0. The number of hydrogen-bond donors (Lipinski definition) is 1. The Labute approximate surface area is 171 Å². The first kappa shape index (κ1) is 22.4. The highest BCUT2D eigenvalue weighted by molar-refractivity contribution is 5.93. The lowest BCUT2D eigenvalue weighted by Crippen LogP contribution is -2.55. The van der Waals surface area contributed by atoms with Crippen molar-refractivity contribution >= 4 is 17.9 Å². The van der Waals surface area contributed by atoms with E-state index in [0.29, 0.717) is 30.7 Å². The lowest BCUT2D eigenvalue weighted by molar-refractivity contribution is -0.138. The number of pyridine rings is 1. The summed E-state index contributed by atoms with van der Waals surface area (Å²) in [6, 6.07) is 3.48. The second-order valence-corrected chi connectivity index (χ2v) is 7.89. The zero-order valence-electron chi connectivity index (χ0n) is 18.1. The molecule has 0 aromatic carbocycles. The van der Waals surface area contributed by atoms with E-state index in [1.807, 2.05) is 18.4 Å². The molecule has 3 amide bonds. The Balaban J connectivity index is 2.14. The molecule has 29 heavy (non-hydrogen) atoms. The molecule has 1 saturated heterocycles. The quantitative estimate of drug-likeness (QED) is 0.814. The highest BCUT2D eigenvalue weighted by Gasteiger charge is 2.32. The molecule has 2 rings (SSSR count). The molecule has 1 N–H and O–H groups in total. The van der Waals surface area contributed by atoms with Crippen LogP contribution in [0.2, 0.25) is 0 Å². The van der Waals surface area contributed by atoms with Crippen LogP contribution < -0.4 is 10.8 Å². The number of aryl methyl sites for hydroxylation is 1. The van der Waals surface area contributed by atoms with Gasteiger partial charge in [-0.25, -0.2) is 9.79 Å². The largest absolute Gasteiger partial charge is 0.444 e. The average Bonchev–Trinajstić information content (AvgIpc) is 2.66. The van der Waals surface area contributed by atoms with Gasteiger partial charge in [0.05, 0.1) is 5.56 Å². The van der Waals surface area contributed by atoms with Crippen molar-refractivity contribution < 1.29 is 19.1 Å². The number of carbonyl (C=O) groups is 3. The van der Waals surface area contributed by atoms with Crippen molar-refractivity contribution in [2.24, 2.45) is 4.99 Å². The average molecular weight is 405 g/mol. The van der Waals surface area contributed by atoms with E-state index in [1.165, 1.54) is 4.90 Å². The minimum absolute atomic E-state index is 0.0296. The molecule has 1 unspecified atom stereocenters. The normalized spacial score (nSPS) is 16.6. The van der Waals surface area contributed by atoms with Crippen molar-refractivity contribution in [3.05, 3.63) is 29.4 Å². The lowest BCUT2D eigenvalue weighted by atomic mass is 10.2. The molecule has 1 aromatic heterocycles. The summed E-state index contributed by atoms with van der Waals surface area (Å²) in [7, 11) is 1.58. The van der Waals surface area contributed by atoms with Crippen molar-refractivity contribution in [3.8, 4) is 0 Å². The van der Waals surface area contributed by atoms with Gasteiger partial charge in [0, 0.05) is 32.9 Å². The fraction of sp³-hybridized carbons (Fsp3) is 0.600.